The van der Waals surface area contributed by atoms with E-state index in [2.05, 4.69) is 20.6 Å². The van der Waals surface area contributed by atoms with Gasteiger partial charge in [-0.05, 0) is 37.6 Å². The topological polar surface area (TPSA) is 84.0 Å². The summed E-state index contributed by atoms with van der Waals surface area (Å²) >= 11 is 0. The van der Waals surface area contributed by atoms with Crippen molar-refractivity contribution in [2.24, 2.45) is 0 Å². The Balaban J connectivity index is 1.47. The van der Waals surface area contributed by atoms with Crippen molar-refractivity contribution < 1.29 is 9.59 Å². The highest BCUT2D eigenvalue weighted by Crippen LogP contribution is 2.15. The molecule has 6 nitrogen and oxygen atoms in total. The quantitative estimate of drug-likeness (QED) is 0.670. The Morgan fingerprint density at radius 1 is 0.923 bits per heavy atom. The van der Waals surface area contributed by atoms with Crippen molar-refractivity contribution in [3.8, 4) is 0 Å². The van der Waals surface area contributed by atoms with Crippen molar-refractivity contribution in [3.05, 3.63) is 71.7 Å². The van der Waals surface area contributed by atoms with Gasteiger partial charge in [0.15, 0.2) is 0 Å². The van der Waals surface area contributed by atoms with Gasteiger partial charge in [-0.25, -0.2) is 0 Å². The van der Waals surface area contributed by atoms with Crippen molar-refractivity contribution in [2.45, 2.75) is 13.3 Å². The minimum absolute atomic E-state index is 0.164. The van der Waals surface area contributed by atoms with Gasteiger partial charge in [-0.2, -0.15) is 0 Å². The summed E-state index contributed by atoms with van der Waals surface area (Å²) in [5, 5.41) is 6.62. The lowest BCUT2D eigenvalue weighted by molar-refractivity contribution is 0.0952. The minimum atomic E-state index is -0.165. The summed E-state index contributed by atoms with van der Waals surface area (Å²) in [6, 6.07) is 12.8. The van der Waals surface area contributed by atoms with Crippen LogP contribution in [0.15, 0.2) is 54.9 Å². The van der Waals surface area contributed by atoms with Crippen LogP contribution in [0.25, 0.3) is 10.9 Å². The second-order valence-corrected chi connectivity index (χ2v) is 5.93. The fourth-order valence-corrected chi connectivity index (χ4v) is 2.58. The zero-order valence-electron chi connectivity index (χ0n) is 14.5. The van der Waals surface area contributed by atoms with Crippen LogP contribution in [0.5, 0.6) is 0 Å². The zero-order valence-corrected chi connectivity index (χ0v) is 14.5. The maximum atomic E-state index is 12.4. The van der Waals surface area contributed by atoms with E-state index in [0.29, 0.717) is 36.2 Å². The fourth-order valence-electron chi connectivity index (χ4n) is 2.58. The van der Waals surface area contributed by atoms with Crippen LogP contribution in [0.4, 0.5) is 0 Å². The molecule has 0 saturated carbocycles. The number of hydrogen-bond acceptors (Lipinski definition) is 4. The highest BCUT2D eigenvalue weighted by molar-refractivity contribution is 6.05. The van der Waals surface area contributed by atoms with Crippen LogP contribution >= 0.6 is 0 Å². The van der Waals surface area contributed by atoms with Gasteiger partial charge in [-0.1, -0.05) is 18.2 Å². The number of carbonyl (C=O) groups excluding carboxylic acids is 2. The molecular weight excluding hydrogens is 328 g/mol. The smallest absolute Gasteiger partial charge is 0.253 e. The number of para-hydroxylation sites is 1. The molecule has 0 fully saturated rings. The molecule has 2 N–H and O–H groups in total. The zero-order chi connectivity index (χ0) is 18.4. The monoisotopic (exact) mass is 348 g/mol. The van der Waals surface area contributed by atoms with Gasteiger partial charge in [0.2, 0.25) is 0 Å². The Hall–Kier alpha value is -3.28. The SMILES string of the molecule is Cc1ccc(C(=O)NCCCNC(=O)c2cccc3cccnc23)cn1. The van der Waals surface area contributed by atoms with Crippen molar-refractivity contribution in [1.82, 2.24) is 20.6 Å². The number of pyridine rings is 2. The molecular formula is C20H20N4O2. The lowest BCUT2D eigenvalue weighted by Gasteiger charge is -2.08. The first kappa shape index (κ1) is 17.5. The Kier molecular flexibility index (Phi) is 5.53. The molecule has 2 heterocycles. The molecule has 2 aromatic heterocycles. The molecule has 3 aromatic rings. The summed E-state index contributed by atoms with van der Waals surface area (Å²) in [7, 11) is 0. The fraction of sp³-hybridized carbons (Fsp3) is 0.200. The Bertz CT molecular complexity index is 917. The lowest BCUT2D eigenvalue weighted by Crippen LogP contribution is -2.30. The lowest BCUT2D eigenvalue weighted by atomic mass is 10.1. The molecule has 0 aliphatic carbocycles. The highest BCUT2D eigenvalue weighted by Gasteiger charge is 2.10. The molecule has 0 saturated heterocycles. The molecule has 0 spiro atoms. The summed E-state index contributed by atoms with van der Waals surface area (Å²) in [5.41, 5.74) is 2.64. The summed E-state index contributed by atoms with van der Waals surface area (Å²) in [6.45, 7) is 2.81. The first-order valence-electron chi connectivity index (χ1n) is 8.48. The maximum absolute atomic E-state index is 12.4. The molecule has 0 radical (unpaired) electrons. The van der Waals surface area contributed by atoms with E-state index < -0.39 is 0 Å². The van der Waals surface area contributed by atoms with Gasteiger partial charge < -0.3 is 10.6 Å². The van der Waals surface area contributed by atoms with E-state index in [9.17, 15) is 9.59 Å². The number of carbonyl (C=O) groups is 2. The standard InChI is InChI=1S/C20H20N4O2/c1-14-8-9-16(13-24-14)19(25)22-11-4-12-23-20(26)17-7-2-5-15-6-3-10-21-18(15)17/h2-3,5-10,13H,4,11-12H2,1H3,(H,22,25)(H,23,26). The number of aromatic nitrogens is 2. The Morgan fingerprint density at radius 2 is 1.69 bits per heavy atom. The van der Waals surface area contributed by atoms with E-state index in [1.54, 1.807) is 30.6 Å². The van der Waals surface area contributed by atoms with Crippen molar-refractivity contribution in [1.29, 1.82) is 0 Å². The van der Waals surface area contributed by atoms with Gasteiger partial charge in [0.05, 0.1) is 16.6 Å². The van der Waals surface area contributed by atoms with Gasteiger partial charge in [0.1, 0.15) is 0 Å². The van der Waals surface area contributed by atoms with E-state index in [4.69, 9.17) is 0 Å². The first-order valence-corrected chi connectivity index (χ1v) is 8.48. The molecule has 0 unspecified atom stereocenters. The predicted molar refractivity (Wildman–Crippen MR) is 100 cm³/mol. The second kappa shape index (κ2) is 8.20. The van der Waals surface area contributed by atoms with Crippen LogP contribution in [0.3, 0.4) is 0 Å². The Labute approximate surface area is 151 Å². The van der Waals surface area contributed by atoms with Crippen LogP contribution in [-0.2, 0) is 0 Å². The molecule has 26 heavy (non-hydrogen) atoms. The number of rotatable bonds is 6. The molecule has 0 bridgehead atoms. The molecule has 0 atom stereocenters. The number of benzene rings is 1. The maximum Gasteiger partial charge on any atom is 0.253 e. The van der Waals surface area contributed by atoms with Gasteiger partial charge in [0.25, 0.3) is 11.8 Å². The van der Waals surface area contributed by atoms with Crippen LogP contribution < -0.4 is 10.6 Å². The average Bonchev–Trinajstić information content (AvgIpc) is 2.67. The number of hydrogen-bond donors (Lipinski definition) is 2. The summed E-state index contributed by atoms with van der Waals surface area (Å²) in [4.78, 5) is 32.7. The van der Waals surface area contributed by atoms with E-state index in [1.165, 1.54) is 0 Å². The van der Waals surface area contributed by atoms with Crippen molar-refractivity contribution in [2.75, 3.05) is 13.1 Å². The van der Waals surface area contributed by atoms with Crippen molar-refractivity contribution >= 4 is 22.7 Å². The molecule has 2 amide bonds. The molecule has 1 aromatic carbocycles. The van der Waals surface area contributed by atoms with Crippen LogP contribution in [-0.4, -0.2) is 34.9 Å². The number of amides is 2. The summed E-state index contributed by atoms with van der Waals surface area (Å²) in [6.07, 6.45) is 3.86. The first-order chi connectivity index (χ1) is 12.6. The number of nitrogens with one attached hydrogen (secondary N) is 2. The normalized spacial score (nSPS) is 10.5. The third kappa shape index (κ3) is 4.22. The molecule has 3 rings (SSSR count). The summed E-state index contributed by atoms with van der Waals surface area (Å²) in [5.74, 6) is -0.328. The minimum Gasteiger partial charge on any atom is -0.352 e. The van der Waals surface area contributed by atoms with E-state index in [-0.39, 0.29) is 11.8 Å². The van der Waals surface area contributed by atoms with Gasteiger partial charge in [-0.15, -0.1) is 0 Å². The third-order valence-electron chi connectivity index (χ3n) is 3.98. The van der Waals surface area contributed by atoms with E-state index >= 15 is 0 Å². The van der Waals surface area contributed by atoms with Gasteiger partial charge in [0, 0.05) is 36.6 Å². The molecule has 0 aliphatic rings. The molecule has 6 heteroatoms. The van der Waals surface area contributed by atoms with E-state index in [0.717, 1.165) is 11.1 Å². The van der Waals surface area contributed by atoms with Gasteiger partial charge in [-0.3, -0.25) is 19.6 Å². The van der Waals surface area contributed by atoms with Crippen LogP contribution in [0.2, 0.25) is 0 Å². The highest BCUT2D eigenvalue weighted by atomic mass is 16.2. The second-order valence-electron chi connectivity index (χ2n) is 5.93. The van der Waals surface area contributed by atoms with Crippen molar-refractivity contribution in [3.63, 3.8) is 0 Å². The van der Waals surface area contributed by atoms with Crippen LogP contribution in [0, 0.1) is 6.92 Å². The summed E-state index contributed by atoms with van der Waals surface area (Å²) < 4.78 is 0. The number of fused-ring (bicyclic) bond motifs is 1. The average molecular weight is 348 g/mol. The molecule has 132 valence electrons. The number of aryl methyl sites for hydroxylation is 1. The Morgan fingerprint density at radius 3 is 2.46 bits per heavy atom. The largest absolute Gasteiger partial charge is 0.352 e. The predicted octanol–water partition coefficient (Wildman–Crippen LogP) is 2.49. The van der Waals surface area contributed by atoms with Crippen LogP contribution in [0.1, 0.15) is 32.8 Å². The van der Waals surface area contributed by atoms with E-state index in [1.807, 2.05) is 31.2 Å². The third-order valence-corrected chi connectivity index (χ3v) is 3.98. The van der Waals surface area contributed by atoms with Gasteiger partial charge >= 0.3 is 0 Å². The number of nitrogens with zero attached hydrogens (tertiary/aromatic N) is 2. The molecule has 0 aliphatic heterocycles.